The summed E-state index contributed by atoms with van der Waals surface area (Å²) in [4.78, 5) is 15.9. The number of carbonyl (C=O) groups excluding carboxylic acids is 1. The molecule has 0 aliphatic rings. The highest BCUT2D eigenvalue weighted by atomic mass is 35.5. The van der Waals surface area contributed by atoms with E-state index in [1.165, 1.54) is 10.9 Å². The highest BCUT2D eigenvalue weighted by Crippen LogP contribution is 2.29. The molecule has 2 heterocycles. The van der Waals surface area contributed by atoms with Crippen LogP contribution in [0, 0.1) is 0 Å². The Morgan fingerprint density at radius 2 is 1.88 bits per heavy atom. The molecule has 0 unspecified atom stereocenters. The molecule has 0 saturated carbocycles. The van der Waals surface area contributed by atoms with Gasteiger partial charge in [0.1, 0.15) is 17.2 Å². The molecule has 0 saturated heterocycles. The van der Waals surface area contributed by atoms with Gasteiger partial charge in [0.25, 0.3) is 5.91 Å². The number of anilines is 2. The van der Waals surface area contributed by atoms with E-state index in [0.717, 1.165) is 12.1 Å². The van der Waals surface area contributed by atoms with Crippen LogP contribution in [-0.2, 0) is 6.18 Å². The fourth-order valence-electron chi connectivity index (χ4n) is 2.17. The number of nitrogens with two attached hydrogens (primary N) is 1. The summed E-state index contributed by atoms with van der Waals surface area (Å²) in [5.41, 5.74) is 5.56. The van der Waals surface area contributed by atoms with Gasteiger partial charge in [-0.25, -0.2) is 9.67 Å². The molecule has 6 nitrogen and oxygen atoms in total. The molecule has 2 aromatic heterocycles. The molecule has 10 heteroatoms. The maximum atomic E-state index is 12.5. The van der Waals surface area contributed by atoms with Crippen LogP contribution in [0.2, 0.25) is 5.02 Å². The molecule has 0 aliphatic heterocycles. The third-order valence-corrected chi connectivity index (χ3v) is 3.78. The Hall–Kier alpha value is -3.07. The fraction of sp³-hybridized carbons (Fsp3) is 0.0625. The first kappa shape index (κ1) is 17.7. The number of hydrogen-bond acceptors (Lipinski definition) is 4. The van der Waals surface area contributed by atoms with E-state index in [9.17, 15) is 18.0 Å². The van der Waals surface area contributed by atoms with Crippen LogP contribution in [0.4, 0.5) is 24.8 Å². The molecule has 0 fully saturated rings. The standard InChI is InChI=1S/C16H11ClF3N5O/c17-11-3-1-2-4-12(11)25-14(21)10(8-23-25)15(26)24-13-6-5-9(7-22-13)16(18,19)20/h1-8H,21H2,(H,22,24,26). The summed E-state index contributed by atoms with van der Waals surface area (Å²) in [6.45, 7) is 0. The second-order valence-corrected chi connectivity index (χ2v) is 5.60. The number of pyridine rings is 1. The van der Waals surface area contributed by atoms with Crippen LogP contribution in [-0.4, -0.2) is 20.7 Å². The molecular formula is C16H11ClF3N5O. The number of aromatic nitrogens is 3. The minimum Gasteiger partial charge on any atom is -0.383 e. The van der Waals surface area contributed by atoms with Crippen molar-refractivity contribution < 1.29 is 18.0 Å². The number of carbonyl (C=O) groups is 1. The van der Waals surface area contributed by atoms with Crippen molar-refractivity contribution in [3.8, 4) is 5.69 Å². The Kier molecular flexibility index (Phi) is 4.56. The maximum Gasteiger partial charge on any atom is 0.417 e. The number of amides is 1. The predicted molar refractivity (Wildman–Crippen MR) is 90.2 cm³/mol. The van der Waals surface area contributed by atoms with E-state index >= 15 is 0 Å². The molecule has 3 rings (SSSR count). The Balaban J connectivity index is 1.82. The zero-order valence-corrected chi connectivity index (χ0v) is 13.7. The minimum atomic E-state index is -4.50. The maximum absolute atomic E-state index is 12.5. The van der Waals surface area contributed by atoms with E-state index in [0.29, 0.717) is 16.9 Å². The summed E-state index contributed by atoms with van der Waals surface area (Å²) in [5, 5.41) is 6.79. The van der Waals surface area contributed by atoms with Crippen LogP contribution < -0.4 is 11.1 Å². The van der Waals surface area contributed by atoms with Crippen LogP contribution in [0.15, 0.2) is 48.8 Å². The topological polar surface area (TPSA) is 85.8 Å². The lowest BCUT2D eigenvalue weighted by molar-refractivity contribution is -0.137. The molecule has 26 heavy (non-hydrogen) atoms. The molecular weight excluding hydrogens is 371 g/mol. The zero-order valence-electron chi connectivity index (χ0n) is 13.0. The smallest absolute Gasteiger partial charge is 0.383 e. The van der Waals surface area contributed by atoms with Crippen LogP contribution in [0.1, 0.15) is 15.9 Å². The minimum absolute atomic E-state index is 0.0301. The summed E-state index contributed by atoms with van der Waals surface area (Å²) in [6, 6.07) is 8.65. The van der Waals surface area contributed by atoms with Crippen LogP contribution >= 0.6 is 11.6 Å². The van der Waals surface area contributed by atoms with Crippen molar-refractivity contribution >= 4 is 29.1 Å². The number of nitrogens with zero attached hydrogens (tertiary/aromatic N) is 3. The van der Waals surface area contributed by atoms with Gasteiger partial charge in [0.2, 0.25) is 0 Å². The van der Waals surface area contributed by atoms with Crippen molar-refractivity contribution in [3.05, 3.63) is 64.9 Å². The van der Waals surface area contributed by atoms with Crippen LogP contribution in [0.3, 0.4) is 0 Å². The van der Waals surface area contributed by atoms with Crippen molar-refractivity contribution in [2.75, 3.05) is 11.1 Å². The van der Waals surface area contributed by atoms with Gasteiger partial charge < -0.3 is 11.1 Å². The monoisotopic (exact) mass is 381 g/mol. The first-order valence-corrected chi connectivity index (χ1v) is 7.58. The number of alkyl halides is 3. The molecule has 1 aromatic carbocycles. The van der Waals surface area contributed by atoms with Gasteiger partial charge in [-0.2, -0.15) is 18.3 Å². The summed E-state index contributed by atoms with van der Waals surface area (Å²) in [5.74, 6) is -0.677. The first-order chi connectivity index (χ1) is 12.3. The molecule has 0 bridgehead atoms. The lowest BCUT2D eigenvalue weighted by atomic mass is 10.2. The number of benzene rings is 1. The molecule has 0 atom stereocenters. The van der Waals surface area contributed by atoms with E-state index in [-0.39, 0.29) is 17.2 Å². The SMILES string of the molecule is Nc1c(C(=O)Nc2ccc(C(F)(F)F)cn2)cnn1-c1ccccc1Cl. The van der Waals surface area contributed by atoms with Crippen LogP contribution in [0.5, 0.6) is 0 Å². The van der Waals surface area contributed by atoms with E-state index in [4.69, 9.17) is 17.3 Å². The summed E-state index contributed by atoms with van der Waals surface area (Å²) in [6.07, 6.45) is -2.64. The van der Waals surface area contributed by atoms with Crippen LogP contribution in [0.25, 0.3) is 5.69 Å². The average Bonchev–Trinajstić information content (AvgIpc) is 2.96. The van der Waals surface area contributed by atoms with Crippen molar-refractivity contribution in [2.45, 2.75) is 6.18 Å². The second kappa shape index (κ2) is 6.68. The Bertz CT molecular complexity index is 953. The van der Waals surface area contributed by atoms with Gasteiger partial charge in [-0.05, 0) is 24.3 Å². The Labute approximate surface area is 150 Å². The number of rotatable bonds is 3. The summed E-state index contributed by atoms with van der Waals surface area (Å²) in [7, 11) is 0. The third-order valence-electron chi connectivity index (χ3n) is 3.46. The van der Waals surface area contributed by atoms with Gasteiger partial charge in [0.05, 0.1) is 22.5 Å². The molecule has 0 aliphatic carbocycles. The third kappa shape index (κ3) is 3.47. The van der Waals surface area contributed by atoms with Gasteiger partial charge in [0.15, 0.2) is 0 Å². The number of para-hydroxylation sites is 1. The Morgan fingerprint density at radius 1 is 1.15 bits per heavy atom. The number of hydrogen-bond donors (Lipinski definition) is 2. The van der Waals surface area contributed by atoms with Gasteiger partial charge in [-0.15, -0.1) is 0 Å². The molecule has 3 N–H and O–H groups in total. The first-order valence-electron chi connectivity index (χ1n) is 7.20. The van der Waals surface area contributed by atoms with Crippen molar-refractivity contribution in [2.24, 2.45) is 0 Å². The van der Waals surface area contributed by atoms with Gasteiger partial charge in [0, 0.05) is 6.20 Å². The molecule has 1 amide bonds. The fourth-order valence-corrected chi connectivity index (χ4v) is 2.38. The van der Waals surface area contributed by atoms with E-state index in [1.807, 2.05) is 0 Å². The quantitative estimate of drug-likeness (QED) is 0.723. The molecule has 134 valence electrons. The van der Waals surface area contributed by atoms with E-state index < -0.39 is 17.6 Å². The summed E-state index contributed by atoms with van der Waals surface area (Å²) < 4.78 is 38.9. The van der Waals surface area contributed by atoms with Gasteiger partial charge in [-0.1, -0.05) is 23.7 Å². The molecule has 0 radical (unpaired) electrons. The predicted octanol–water partition coefficient (Wildman–Crippen LogP) is 3.77. The highest BCUT2D eigenvalue weighted by molar-refractivity contribution is 6.32. The number of nitrogen functional groups attached to an aromatic ring is 1. The van der Waals surface area contributed by atoms with Crippen molar-refractivity contribution in [1.82, 2.24) is 14.8 Å². The lowest BCUT2D eigenvalue weighted by Gasteiger charge is -2.08. The van der Waals surface area contributed by atoms with E-state index in [1.54, 1.807) is 24.3 Å². The molecule has 3 aromatic rings. The summed E-state index contributed by atoms with van der Waals surface area (Å²) >= 11 is 6.08. The van der Waals surface area contributed by atoms with Crippen molar-refractivity contribution in [1.29, 1.82) is 0 Å². The number of halogens is 4. The zero-order chi connectivity index (χ0) is 18.9. The normalized spacial score (nSPS) is 11.4. The van der Waals surface area contributed by atoms with E-state index in [2.05, 4.69) is 15.4 Å². The second-order valence-electron chi connectivity index (χ2n) is 5.19. The van der Waals surface area contributed by atoms with Gasteiger partial charge in [-0.3, -0.25) is 4.79 Å². The Morgan fingerprint density at radius 3 is 2.50 bits per heavy atom. The van der Waals surface area contributed by atoms with Crippen molar-refractivity contribution in [3.63, 3.8) is 0 Å². The highest BCUT2D eigenvalue weighted by Gasteiger charge is 2.30. The lowest BCUT2D eigenvalue weighted by Crippen LogP contribution is -2.15. The molecule has 0 spiro atoms. The number of nitrogens with one attached hydrogen (secondary N) is 1. The largest absolute Gasteiger partial charge is 0.417 e. The average molecular weight is 382 g/mol. The van der Waals surface area contributed by atoms with Gasteiger partial charge >= 0.3 is 6.18 Å².